The molecule has 1 fully saturated rings. The van der Waals surface area contributed by atoms with E-state index >= 15 is 0 Å². The second kappa shape index (κ2) is 5.08. The van der Waals surface area contributed by atoms with Crippen LogP contribution in [0.1, 0.15) is 11.8 Å². The second-order valence-corrected chi connectivity index (χ2v) is 2.45. The van der Waals surface area contributed by atoms with Crippen molar-refractivity contribution in [2.24, 2.45) is 0 Å². The van der Waals surface area contributed by atoms with Gasteiger partial charge in [0.05, 0.1) is 0 Å². The Morgan fingerprint density at radius 2 is 2.42 bits per heavy atom. The minimum Gasteiger partial charge on any atom is -0.633 e. The summed E-state index contributed by atoms with van der Waals surface area (Å²) >= 11 is 0. The molecule has 1 atom stereocenters. The van der Waals surface area contributed by atoms with E-state index in [9.17, 15) is 0 Å². The molecule has 1 aliphatic heterocycles. The fourth-order valence-corrected chi connectivity index (χ4v) is 1.14. The van der Waals surface area contributed by atoms with Crippen LogP contribution in [0.3, 0.4) is 0 Å². The summed E-state index contributed by atoms with van der Waals surface area (Å²) in [6.45, 7) is 1.56. The third-order valence-electron chi connectivity index (χ3n) is 1.66. The normalized spacial score (nSPS) is 21.8. The van der Waals surface area contributed by atoms with Crippen LogP contribution in [0, 0.1) is 6.07 Å². The number of rotatable bonds is 1. The van der Waals surface area contributed by atoms with Gasteiger partial charge in [0.25, 0.3) is 0 Å². The molecule has 1 aromatic carbocycles. The van der Waals surface area contributed by atoms with Crippen LogP contribution in [0.5, 0.6) is 0 Å². The average molecular weight is 236 g/mol. The monoisotopic (exact) mass is 236 g/mol. The fraction of sp³-hybridized carbons (Fsp3) is 0.333. The van der Waals surface area contributed by atoms with Gasteiger partial charge in [-0.05, 0) is 6.23 Å². The first-order valence-corrected chi connectivity index (χ1v) is 3.71. The SMILES string of the molecule is [Y].[c-]1ccccc1C1[N-]CCO1. The van der Waals surface area contributed by atoms with Crippen molar-refractivity contribution >= 4 is 0 Å². The molecule has 1 unspecified atom stereocenters. The van der Waals surface area contributed by atoms with E-state index < -0.39 is 0 Å². The van der Waals surface area contributed by atoms with E-state index in [1.54, 1.807) is 0 Å². The maximum absolute atomic E-state index is 5.34. The Kier molecular flexibility index (Phi) is 4.37. The Morgan fingerprint density at radius 1 is 1.50 bits per heavy atom. The van der Waals surface area contributed by atoms with Crippen LogP contribution in [0.25, 0.3) is 5.32 Å². The third-order valence-corrected chi connectivity index (χ3v) is 1.66. The number of hydrogen-bond donors (Lipinski definition) is 0. The molecule has 2 nitrogen and oxygen atoms in total. The standard InChI is InChI=1S/C9H9NO.Y/c1-2-4-8(5-3-1)9-10-6-7-11-9;/h1-4,9H,6-7H2;/q-2;. The Bertz CT molecular complexity index is 221. The largest absolute Gasteiger partial charge is 0.633 e. The van der Waals surface area contributed by atoms with E-state index in [1.165, 1.54) is 0 Å². The van der Waals surface area contributed by atoms with Crippen molar-refractivity contribution in [2.75, 3.05) is 13.2 Å². The van der Waals surface area contributed by atoms with Crippen LogP contribution in [0.2, 0.25) is 0 Å². The van der Waals surface area contributed by atoms with E-state index in [2.05, 4.69) is 11.4 Å². The summed E-state index contributed by atoms with van der Waals surface area (Å²) in [5.41, 5.74) is 1.03. The van der Waals surface area contributed by atoms with Crippen LogP contribution in [-0.2, 0) is 37.4 Å². The minimum atomic E-state index is -0.0591. The predicted octanol–water partition coefficient (Wildman–Crippen LogP) is 1.89. The summed E-state index contributed by atoms with van der Waals surface area (Å²) in [5, 5.41) is 4.25. The van der Waals surface area contributed by atoms with Crippen LogP contribution >= 0.6 is 0 Å². The van der Waals surface area contributed by atoms with Gasteiger partial charge in [-0.3, -0.25) is 0 Å². The minimum absolute atomic E-state index is 0. The van der Waals surface area contributed by atoms with E-state index in [-0.39, 0.29) is 38.9 Å². The quantitative estimate of drug-likeness (QED) is 0.683. The molecular weight excluding hydrogens is 227 g/mol. The molecule has 1 aromatic rings. The van der Waals surface area contributed by atoms with E-state index in [0.717, 1.165) is 18.7 Å². The van der Waals surface area contributed by atoms with Crippen LogP contribution in [0.4, 0.5) is 0 Å². The van der Waals surface area contributed by atoms with Gasteiger partial charge in [-0.25, -0.2) is 0 Å². The topological polar surface area (TPSA) is 23.3 Å². The molecule has 1 radical (unpaired) electrons. The Morgan fingerprint density at radius 3 is 3.00 bits per heavy atom. The van der Waals surface area contributed by atoms with Gasteiger partial charge >= 0.3 is 0 Å². The van der Waals surface area contributed by atoms with Crippen molar-refractivity contribution in [2.45, 2.75) is 6.23 Å². The zero-order valence-corrected chi connectivity index (χ0v) is 9.57. The molecule has 0 saturated carbocycles. The van der Waals surface area contributed by atoms with Crippen LogP contribution in [-0.4, -0.2) is 13.2 Å². The summed E-state index contributed by atoms with van der Waals surface area (Å²) in [7, 11) is 0. The first kappa shape index (κ1) is 10.3. The Balaban J connectivity index is 0.000000720. The molecule has 2 rings (SSSR count). The first-order valence-electron chi connectivity index (χ1n) is 3.71. The van der Waals surface area contributed by atoms with E-state index in [1.807, 2.05) is 24.3 Å². The molecule has 0 aromatic heterocycles. The van der Waals surface area contributed by atoms with Gasteiger partial charge in [0.15, 0.2) is 0 Å². The van der Waals surface area contributed by atoms with Gasteiger partial charge in [-0.15, -0.1) is 6.54 Å². The Hall–Kier alpha value is 0.244. The average Bonchev–Trinajstić information content (AvgIpc) is 2.58. The van der Waals surface area contributed by atoms with Crippen molar-refractivity contribution in [3.05, 3.63) is 41.2 Å². The third kappa shape index (κ3) is 2.36. The second-order valence-electron chi connectivity index (χ2n) is 2.45. The molecule has 0 bridgehead atoms. The molecule has 0 spiro atoms. The van der Waals surface area contributed by atoms with E-state index in [0.29, 0.717) is 0 Å². The number of ether oxygens (including phenoxy) is 1. The number of hydrogen-bond acceptors (Lipinski definition) is 1. The van der Waals surface area contributed by atoms with Crippen molar-refractivity contribution < 1.29 is 37.4 Å². The summed E-state index contributed by atoms with van der Waals surface area (Å²) in [6.07, 6.45) is -0.0591. The summed E-state index contributed by atoms with van der Waals surface area (Å²) < 4.78 is 5.34. The van der Waals surface area contributed by atoms with Gasteiger partial charge in [0, 0.05) is 39.3 Å². The maximum Gasteiger partial charge on any atom is 0.0262 e. The molecule has 0 aliphatic carbocycles. The van der Waals surface area contributed by atoms with Gasteiger partial charge in [-0.2, -0.15) is 35.9 Å². The molecule has 0 amide bonds. The summed E-state index contributed by atoms with van der Waals surface area (Å²) in [6, 6.07) is 10.9. The Labute approximate surface area is 97.6 Å². The van der Waals surface area contributed by atoms with Crippen LogP contribution in [0.15, 0.2) is 24.3 Å². The van der Waals surface area contributed by atoms with Crippen LogP contribution < -0.4 is 0 Å². The maximum atomic E-state index is 5.34. The smallest absolute Gasteiger partial charge is 0.0262 e. The molecule has 3 heteroatoms. The molecule has 0 N–H and O–H groups in total. The zero-order valence-electron chi connectivity index (χ0n) is 6.73. The van der Waals surface area contributed by atoms with Gasteiger partial charge in [-0.1, -0.05) is 0 Å². The number of nitrogens with zero attached hydrogens (tertiary/aromatic N) is 1. The predicted molar refractivity (Wildman–Crippen MR) is 42.2 cm³/mol. The first-order chi connectivity index (χ1) is 5.47. The van der Waals surface area contributed by atoms with E-state index in [4.69, 9.17) is 4.74 Å². The van der Waals surface area contributed by atoms with Crippen molar-refractivity contribution in [1.29, 1.82) is 0 Å². The molecule has 1 saturated heterocycles. The zero-order chi connectivity index (χ0) is 7.52. The summed E-state index contributed by atoms with van der Waals surface area (Å²) in [5.74, 6) is 0. The molecule has 1 aliphatic rings. The summed E-state index contributed by atoms with van der Waals surface area (Å²) in [4.78, 5) is 0. The van der Waals surface area contributed by atoms with Crippen molar-refractivity contribution in [3.63, 3.8) is 0 Å². The van der Waals surface area contributed by atoms with Gasteiger partial charge < -0.3 is 10.1 Å². The molecule has 12 heavy (non-hydrogen) atoms. The van der Waals surface area contributed by atoms with Gasteiger partial charge in [0.1, 0.15) is 0 Å². The van der Waals surface area contributed by atoms with Crippen molar-refractivity contribution in [3.8, 4) is 0 Å². The van der Waals surface area contributed by atoms with Gasteiger partial charge in [0.2, 0.25) is 0 Å². The molecule has 1 heterocycles. The molecule has 61 valence electrons. The van der Waals surface area contributed by atoms with Crippen molar-refractivity contribution in [1.82, 2.24) is 0 Å². The fourth-order valence-electron chi connectivity index (χ4n) is 1.14. The number of benzene rings is 1. The molecular formula is C9H9NOY-2.